The van der Waals surface area contributed by atoms with E-state index in [2.05, 4.69) is 25.0 Å². The first-order chi connectivity index (χ1) is 17.7. The largest absolute Gasteiger partial charge is 0.386 e. The van der Waals surface area contributed by atoms with Crippen molar-refractivity contribution in [2.24, 2.45) is 0 Å². The summed E-state index contributed by atoms with van der Waals surface area (Å²) in [5.74, 6) is -0.753. The van der Waals surface area contributed by atoms with Gasteiger partial charge in [0.1, 0.15) is 11.9 Å². The lowest BCUT2D eigenvalue weighted by Crippen LogP contribution is -2.34. The zero-order valence-electron chi connectivity index (χ0n) is 19.4. The second-order valence-electron chi connectivity index (χ2n) is 8.08. The van der Waals surface area contributed by atoms with Gasteiger partial charge in [-0.05, 0) is 55.5 Å². The average molecular weight is 539 g/mol. The van der Waals surface area contributed by atoms with E-state index in [0.717, 1.165) is 31.9 Å². The van der Waals surface area contributed by atoms with Crippen molar-refractivity contribution in [3.63, 3.8) is 0 Å². The van der Waals surface area contributed by atoms with Crippen molar-refractivity contribution in [3.8, 4) is 5.69 Å². The molecule has 0 aliphatic carbocycles. The number of hydrogen-bond acceptors (Lipinski definition) is 8. The Hall–Kier alpha value is -4.36. The molecule has 3 heterocycles. The second kappa shape index (κ2) is 9.59. The van der Waals surface area contributed by atoms with Crippen molar-refractivity contribution in [2.45, 2.75) is 13.0 Å². The molecule has 1 amide bonds. The maximum Gasteiger partial charge on any atom is 0.333 e. The van der Waals surface area contributed by atoms with Gasteiger partial charge in [-0.3, -0.25) is 19.4 Å². The SMILES string of the molecule is CNc1cc2[nH]c(=O)n(-c3ccc(C(=O)NC(c4nsc(=O)[nH]4)c4ccc(C)s4)cc3)c(=O)c2cc1F. The molecule has 0 saturated carbocycles. The molecule has 5 aromatic rings. The number of rotatable bonds is 6. The van der Waals surface area contributed by atoms with Gasteiger partial charge in [0.05, 0.1) is 22.3 Å². The van der Waals surface area contributed by atoms with Crippen LogP contribution in [0.3, 0.4) is 0 Å². The van der Waals surface area contributed by atoms with E-state index in [-0.39, 0.29) is 32.7 Å². The van der Waals surface area contributed by atoms with Crippen LogP contribution in [0.25, 0.3) is 16.6 Å². The first kappa shape index (κ1) is 24.3. The van der Waals surface area contributed by atoms with Crippen LogP contribution in [0.15, 0.2) is 62.9 Å². The maximum atomic E-state index is 14.3. The van der Waals surface area contributed by atoms with Crippen LogP contribution in [0.5, 0.6) is 0 Å². The summed E-state index contributed by atoms with van der Waals surface area (Å²) >= 11 is 2.23. The molecule has 13 heteroatoms. The van der Waals surface area contributed by atoms with E-state index < -0.39 is 29.0 Å². The predicted octanol–water partition coefficient (Wildman–Crippen LogP) is 2.89. The molecule has 37 heavy (non-hydrogen) atoms. The minimum atomic E-state index is -0.705. The number of nitrogens with one attached hydrogen (secondary N) is 4. The monoisotopic (exact) mass is 538 g/mol. The quantitative estimate of drug-likeness (QED) is 0.262. The molecule has 0 aliphatic heterocycles. The van der Waals surface area contributed by atoms with E-state index in [1.54, 1.807) is 0 Å². The number of aryl methyl sites for hydroxylation is 1. The van der Waals surface area contributed by atoms with Gasteiger partial charge >= 0.3 is 10.6 Å². The Morgan fingerprint density at radius 2 is 1.84 bits per heavy atom. The van der Waals surface area contributed by atoms with Gasteiger partial charge in [0.2, 0.25) is 0 Å². The van der Waals surface area contributed by atoms with Crippen LogP contribution in [-0.4, -0.2) is 31.9 Å². The Labute approximate surface area is 215 Å². The van der Waals surface area contributed by atoms with Crippen molar-refractivity contribution in [1.29, 1.82) is 0 Å². The molecule has 0 radical (unpaired) electrons. The molecule has 4 N–H and O–H groups in total. The van der Waals surface area contributed by atoms with Crippen LogP contribution in [0.1, 0.15) is 32.0 Å². The van der Waals surface area contributed by atoms with Crippen LogP contribution in [0.2, 0.25) is 0 Å². The van der Waals surface area contributed by atoms with Gasteiger partial charge in [-0.15, -0.1) is 11.3 Å². The van der Waals surface area contributed by atoms with E-state index in [4.69, 9.17) is 0 Å². The summed E-state index contributed by atoms with van der Waals surface area (Å²) in [5, 5.41) is 5.54. The highest BCUT2D eigenvalue weighted by Gasteiger charge is 2.23. The Morgan fingerprint density at radius 3 is 2.46 bits per heavy atom. The number of amides is 1. The highest BCUT2D eigenvalue weighted by atomic mass is 32.1. The lowest BCUT2D eigenvalue weighted by Gasteiger charge is -2.15. The summed E-state index contributed by atoms with van der Waals surface area (Å²) < 4.78 is 19.3. The first-order valence-electron chi connectivity index (χ1n) is 10.9. The number of H-pyrrole nitrogens is 2. The smallest absolute Gasteiger partial charge is 0.333 e. The Kier molecular flexibility index (Phi) is 6.31. The molecule has 5 rings (SSSR count). The zero-order valence-corrected chi connectivity index (χ0v) is 21.1. The van der Waals surface area contributed by atoms with Crippen LogP contribution in [0.4, 0.5) is 10.1 Å². The summed E-state index contributed by atoms with van der Waals surface area (Å²) in [6, 6.07) is 11.3. The van der Waals surface area contributed by atoms with E-state index in [9.17, 15) is 23.6 Å². The number of aromatic nitrogens is 4. The lowest BCUT2D eigenvalue weighted by molar-refractivity contribution is 0.0942. The van der Waals surface area contributed by atoms with Gasteiger partial charge in [-0.25, -0.2) is 13.8 Å². The fraction of sp³-hybridized carbons (Fsp3) is 0.125. The molecular formula is C24H19FN6O4S2. The van der Waals surface area contributed by atoms with Crippen LogP contribution >= 0.6 is 22.9 Å². The molecule has 1 atom stereocenters. The minimum absolute atomic E-state index is 0.00394. The van der Waals surface area contributed by atoms with Gasteiger partial charge in [-0.1, -0.05) is 0 Å². The van der Waals surface area contributed by atoms with Crippen molar-refractivity contribution in [2.75, 3.05) is 12.4 Å². The number of benzene rings is 2. The molecular weight excluding hydrogens is 519 g/mol. The molecule has 188 valence electrons. The fourth-order valence-electron chi connectivity index (χ4n) is 3.89. The molecule has 0 fully saturated rings. The maximum absolute atomic E-state index is 14.3. The summed E-state index contributed by atoms with van der Waals surface area (Å²) in [4.78, 5) is 57.2. The number of carbonyl (C=O) groups is 1. The Bertz CT molecular complexity index is 1820. The first-order valence-corrected chi connectivity index (χ1v) is 12.5. The summed E-state index contributed by atoms with van der Waals surface area (Å²) in [5.41, 5.74) is -0.593. The molecule has 1 unspecified atom stereocenters. The van der Waals surface area contributed by atoms with Crippen LogP contribution in [-0.2, 0) is 0 Å². The number of nitrogens with zero attached hydrogens (tertiary/aromatic N) is 2. The number of carbonyl (C=O) groups excluding carboxylic acids is 1. The second-order valence-corrected chi connectivity index (χ2v) is 10.1. The fourth-order valence-corrected chi connectivity index (χ4v) is 5.30. The van der Waals surface area contributed by atoms with Gasteiger partial charge in [0.15, 0.2) is 5.82 Å². The molecule has 0 spiro atoms. The normalized spacial score (nSPS) is 12.0. The third kappa shape index (κ3) is 4.61. The topological polar surface area (TPSA) is 142 Å². The average Bonchev–Trinajstić information content (AvgIpc) is 3.51. The molecule has 0 aliphatic rings. The van der Waals surface area contributed by atoms with E-state index in [0.29, 0.717) is 5.82 Å². The number of fused-ring (bicyclic) bond motifs is 1. The summed E-state index contributed by atoms with van der Waals surface area (Å²) in [6.45, 7) is 1.93. The predicted molar refractivity (Wildman–Crippen MR) is 141 cm³/mol. The number of halogens is 1. The number of anilines is 1. The third-order valence-corrected chi connectivity index (χ3v) is 7.32. The number of thiophene rings is 1. The zero-order chi connectivity index (χ0) is 26.3. The van der Waals surface area contributed by atoms with Crippen LogP contribution < -0.4 is 26.8 Å². The van der Waals surface area contributed by atoms with Gasteiger partial charge in [-0.2, -0.15) is 4.37 Å². The molecule has 10 nitrogen and oxygen atoms in total. The molecule has 0 saturated heterocycles. The van der Waals surface area contributed by atoms with Gasteiger partial charge in [0, 0.05) is 33.9 Å². The Balaban J connectivity index is 1.47. The molecule has 0 bridgehead atoms. The van der Waals surface area contributed by atoms with E-state index >= 15 is 0 Å². The van der Waals surface area contributed by atoms with E-state index in [1.165, 1.54) is 48.7 Å². The lowest BCUT2D eigenvalue weighted by atomic mass is 10.1. The van der Waals surface area contributed by atoms with Crippen molar-refractivity contribution < 1.29 is 9.18 Å². The van der Waals surface area contributed by atoms with Crippen LogP contribution in [0, 0.1) is 12.7 Å². The van der Waals surface area contributed by atoms with Crippen molar-refractivity contribution >= 4 is 45.4 Å². The van der Waals surface area contributed by atoms with Crippen molar-refractivity contribution in [1.82, 2.24) is 24.2 Å². The summed E-state index contributed by atoms with van der Waals surface area (Å²) in [7, 11) is 1.53. The third-order valence-electron chi connectivity index (χ3n) is 5.69. The standard InChI is InChI=1S/C24H19FN6O4S2/c1-11-3-8-18(36-11)19(20-29-24(35)37-30-20)28-21(32)12-4-6-13(7-5-12)31-22(33)14-9-15(25)17(26-2)10-16(14)27-23(31)34/h3-10,19,26H,1-2H3,(H,27,34)(H,28,32)(H,29,30,35). The van der Waals surface area contributed by atoms with E-state index in [1.807, 2.05) is 19.1 Å². The number of aromatic amines is 2. The minimum Gasteiger partial charge on any atom is -0.386 e. The summed E-state index contributed by atoms with van der Waals surface area (Å²) in [6.07, 6.45) is 0. The van der Waals surface area contributed by atoms with Gasteiger partial charge < -0.3 is 15.6 Å². The highest BCUT2D eigenvalue weighted by Crippen LogP contribution is 2.27. The van der Waals surface area contributed by atoms with Gasteiger partial charge in [0.25, 0.3) is 11.5 Å². The highest BCUT2D eigenvalue weighted by molar-refractivity contribution is 7.12. The molecule has 3 aromatic heterocycles. The Morgan fingerprint density at radius 1 is 1.08 bits per heavy atom. The molecule has 2 aromatic carbocycles. The van der Waals surface area contributed by atoms with Crippen molar-refractivity contribution in [3.05, 3.63) is 106 Å². The number of hydrogen-bond donors (Lipinski definition) is 4.